The number of aliphatic hydroxyl groups is 1. The zero-order valence-corrected chi connectivity index (χ0v) is 16.4. The number of aromatic nitrogens is 1. The Morgan fingerprint density at radius 2 is 2.10 bits per heavy atom. The molecule has 0 spiro atoms. The molecule has 0 saturated heterocycles. The summed E-state index contributed by atoms with van der Waals surface area (Å²) < 4.78 is 13.4. The second-order valence-corrected chi connectivity index (χ2v) is 7.57. The first-order valence-corrected chi connectivity index (χ1v) is 9.90. The van der Waals surface area contributed by atoms with Crippen LogP contribution in [0.4, 0.5) is 4.39 Å². The Kier molecular flexibility index (Phi) is 6.93. The standard InChI is InChI=1S/C22H26FN3O3/c1-14(13-27)25-21(28)16-5-3-7-19(11-16)26-22(29)17-8-9-20(24-12-17)15-4-2-6-18(23)10-15/h2,4,6,8-10,12,14,16,19,27H,3,5,7,11,13H2,1H3,(H,25,28)(H,26,29)/t14?,16-,19+/m0/s1. The van der Waals surface area contributed by atoms with Gasteiger partial charge in [-0.2, -0.15) is 0 Å². The highest BCUT2D eigenvalue weighted by Gasteiger charge is 2.28. The number of rotatable bonds is 6. The van der Waals surface area contributed by atoms with Crippen LogP contribution in [0, 0.1) is 11.7 Å². The molecular weight excluding hydrogens is 373 g/mol. The second-order valence-electron chi connectivity index (χ2n) is 7.57. The van der Waals surface area contributed by atoms with Gasteiger partial charge in [0, 0.05) is 29.8 Å². The maximum absolute atomic E-state index is 13.4. The first kappa shape index (κ1) is 20.9. The quantitative estimate of drug-likeness (QED) is 0.697. The van der Waals surface area contributed by atoms with Crippen molar-refractivity contribution < 1.29 is 19.1 Å². The molecule has 3 atom stereocenters. The van der Waals surface area contributed by atoms with Crippen LogP contribution >= 0.6 is 0 Å². The van der Waals surface area contributed by atoms with E-state index in [0.717, 1.165) is 19.3 Å². The molecule has 2 aromatic rings. The third kappa shape index (κ3) is 5.60. The third-order valence-corrected chi connectivity index (χ3v) is 5.19. The number of halogens is 1. The first-order valence-electron chi connectivity index (χ1n) is 9.90. The van der Waals surface area contributed by atoms with Crippen molar-refractivity contribution in [2.75, 3.05) is 6.61 Å². The molecule has 2 amide bonds. The molecule has 1 aromatic heterocycles. The molecule has 1 unspecified atom stereocenters. The molecule has 1 saturated carbocycles. The fourth-order valence-electron chi connectivity index (χ4n) is 3.58. The lowest BCUT2D eigenvalue weighted by Gasteiger charge is -2.29. The largest absolute Gasteiger partial charge is 0.394 e. The molecular formula is C22H26FN3O3. The van der Waals surface area contributed by atoms with Gasteiger partial charge in [0.25, 0.3) is 5.91 Å². The normalized spacial score (nSPS) is 20.0. The number of benzene rings is 1. The molecule has 3 N–H and O–H groups in total. The number of hydrogen-bond donors (Lipinski definition) is 3. The molecule has 7 heteroatoms. The van der Waals surface area contributed by atoms with Crippen molar-refractivity contribution in [3.63, 3.8) is 0 Å². The van der Waals surface area contributed by atoms with Gasteiger partial charge in [0.2, 0.25) is 5.91 Å². The van der Waals surface area contributed by atoms with Crippen LogP contribution in [0.3, 0.4) is 0 Å². The van der Waals surface area contributed by atoms with E-state index in [1.165, 1.54) is 18.3 Å². The fraction of sp³-hybridized carbons (Fsp3) is 0.409. The maximum atomic E-state index is 13.4. The van der Waals surface area contributed by atoms with E-state index in [2.05, 4.69) is 15.6 Å². The number of nitrogens with zero attached hydrogens (tertiary/aromatic N) is 1. The van der Waals surface area contributed by atoms with Crippen molar-refractivity contribution in [3.8, 4) is 11.3 Å². The molecule has 0 radical (unpaired) electrons. The minimum atomic E-state index is -0.338. The van der Waals surface area contributed by atoms with Gasteiger partial charge in [-0.1, -0.05) is 18.6 Å². The molecule has 154 valence electrons. The minimum Gasteiger partial charge on any atom is -0.394 e. The predicted molar refractivity (Wildman–Crippen MR) is 108 cm³/mol. The first-order chi connectivity index (χ1) is 14.0. The zero-order valence-electron chi connectivity index (χ0n) is 16.4. The van der Waals surface area contributed by atoms with Gasteiger partial charge < -0.3 is 15.7 Å². The Morgan fingerprint density at radius 1 is 1.28 bits per heavy atom. The van der Waals surface area contributed by atoms with Gasteiger partial charge in [-0.15, -0.1) is 0 Å². The number of aliphatic hydroxyl groups excluding tert-OH is 1. The Hall–Kier alpha value is -2.80. The minimum absolute atomic E-state index is 0.0772. The Morgan fingerprint density at radius 3 is 2.79 bits per heavy atom. The van der Waals surface area contributed by atoms with E-state index in [1.54, 1.807) is 31.2 Å². The highest BCUT2D eigenvalue weighted by Crippen LogP contribution is 2.25. The van der Waals surface area contributed by atoms with Gasteiger partial charge in [0.05, 0.1) is 17.9 Å². The van der Waals surface area contributed by atoms with Crippen LogP contribution < -0.4 is 10.6 Å². The van der Waals surface area contributed by atoms with E-state index in [9.17, 15) is 14.0 Å². The summed E-state index contributed by atoms with van der Waals surface area (Å²) in [6.07, 6.45) is 4.50. The maximum Gasteiger partial charge on any atom is 0.253 e. The van der Waals surface area contributed by atoms with Crippen LogP contribution in [0.25, 0.3) is 11.3 Å². The van der Waals surface area contributed by atoms with Crippen molar-refractivity contribution in [1.29, 1.82) is 0 Å². The monoisotopic (exact) mass is 399 g/mol. The van der Waals surface area contributed by atoms with Crippen molar-refractivity contribution >= 4 is 11.8 Å². The lowest BCUT2D eigenvalue weighted by atomic mass is 9.85. The zero-order chi connectivity index (χ0) is 20.8. The van der Waals surface area contributed by atoms with Gasteiger partial charge in [-0.05, 0) is 50.5 Å². The molecule has 29 heavy (non-hydrogen) atoms. The number of hydrogen-bond acceptors (Lipinski definition) is 4. The van der Waals surface area contributed by atoms with E-state index in [4.69, 9.17) is 5.11 Å². The van der Waals surface area contributed by atoms with E-state index in [1.807, 2.05) is 0 Å². The van der Waals surface area contributed by atoms with Gasteiger partial charge in [0.1, 0.15) is 5.82 Å². The SMILES string of the molecule is CC(CO)NC(=O)[C@H]1CCC[C@@H](NC(=O)c2ccc(-c3cccc(F)c3)nc2)C1. The fourth-order valence-corrected chi connectivity index (χ4v) is 3.58. The van der Waals surface area contributed by atoms with E-state index in [-0.39, 0.29) is 42.2 Å². The van der Waals surface area contributed by atoms with Gasteiger partial charge in [-0.3, -0.25) is 14.6 Å². The summed E-state index contributed by atoms with van der Waals surface area (Å²) in [5.74, 6) is -0.823. The van der Waals surface area contributed by atoms with Crippen LogP contribution in [-0.4, -0.2) is 40.6 Å². The van der Waals surface area contributed by atoms with Crippen molar-refractivity contribution in [3.05, 3.63) is 54.0 Å². The summed E-state index contributed by atoms with van der Waals surface area (Å²) in [5.41, 5.74) is 1.66. The van der Waals surface area contributed by atoms with Crippen LogP contribution in [0.5, 0.6) is 0 Å². The summed E-state index contributed by atoms with van der Waals surface area (Å²) in [6, 6.07) is 9.13. The van der Waals surface area contributed by atoms with Gasteiger partial charge in [-0.25, -0.2) is 4.39 Å². The smallest absolute Gasteiger partial charge is 0.253 e. The molecule has 0 bridgehead atoms. The molecule has 0 aliphatic heterocycles. The molecule has 6 nitrogen and oxygen atoms in total. The summed E-state index contributed by atoms with van der Waals surface area (Å²) in [7, 11) is 0. The average Bonchev–Trinajstić information content (AvgIpc) is 2.74. The number of carbonyl (C=O) groups is 2. The lowest BCUT2D eigenvalue weighted by Crippen LogP contribution is -2.45. The average molecular weight is 399 g/mol. The number of nitrogens with one attached hydrogen (secondary N) is 2. The van der Waals surface area contributed by atoms with Crippen LogP contribution in [0.1, 0.15) is 43.0 Å². The summed E-state index contributed by atoms with van der Waals surface area (Å²) in [5, 5.41) is 14.9. The van der Waals surface area contributed by atoms with Gasteiger partial charge >= 0.3 is 0 Å². The third-order valence-electron chi connectivity index (χ3n) is 5.19. The topological polar surface area (TPSA) is 91.3 Å². The summed E-state index contributed by atoms with van der Waals surface area (Å²) >= 11 is 0. The number of carbonyl (C=O) groups excluding carboxylic acids is 2. The highest BCUT2D eigenvalue weighted by molar-refractivity contribution is 5.94. The second kappa shape index (κ2) is 9.60. The Labute approximate surface area is 169 Å². The summed E-state index contributed by atoms with van der Waals surface area (Å²) in [4.78, 5) is 29.1. The van der Waals surface area contributed by atoms with Gasteiger partial charge in [0.15, 0.2) is 0 Å². The predicted octanol–water partition coefficient (Wildman–Crippen LogP) is 2.67. The Bertz CT molecular complexity index is 857. The van der Waals surface area contributed by atoms with Crippen LogP contribution in [0.2, 0.25) is 0 Å². The van der Waals surface area contributed by atoms with Crippen molar-refractivity contribution in [2.24, 2.45) is 5.92 Å². The van der Waals surface area contributed by atoms with Crippen molar-refractivity contribution in [2.45, 2.75) is 44.7 Å². The molecule has 1 fully saturated rings. The van der Waals surface area contributed by atoms with Crippen molar-refractivity contribution in [1.82, 2.24) is 15.6 Å². The lowest BCUT2D eigenvalue weighted by molar-refractivity contribution is -0.127. The molecule has 3 rings (SSSR count). The highest BCUT2D eigenvalue weighted by atomic mass is 19.1. The number of pyridine rings is 1. The van der Waals surface area contributed by atoms with E-state index < -0.39 is 0 Å². The van der Waals surface area contributed by atoms with E-state index >= 15 is 0 Å². The molecule has 1 aromatic carbocycles. The van der Waals surface area contributed by atoms with E-state index in [0.29, 0.717) is 23.2 Å². The molecule has 1 aliphatic rings. The number of amides is 2. The van der Waals surface area contributed by atoms with Crippen LogP contribution in [-0.2, 0) is 4.79 Å². The Balaban J connectivity index is 1.59. The van der Waals surface area contributed by atoms with Crippen LogP contribution in [0.15, 0.2) is 42.6 Å². The molecule has 1 heterocycles. The molecule has 1 aliphatic carbocycles. The summed E-state index contributed by atoms with van der Waals surface area (Å²) in [6.45, 7) is 1.65.